The molecule has 1 unspecified atom stereocenters. The molecule has 5 heteroatoms. The van der Waals surface area contributed by atoms with Gasteiger partial charge in [0, 0.05) is 6.04 Å². The third-order valence-corrected chi connectivity index (χ3v) is 5.67. The zero-order chi connectivity index (χ0) is 14.8. The molecule has 0 aromatic carbocycles. The molecule has 1 aliphatic carbocycles. The molecule has 0 bridgehead atoms. The summed E-state index contributed by atoms with van der Waals surface area (Å²) in [7, 11) is -3.12. The second-order valence-corrected chi connectivity index (χ2v) is 7.83. The lowest BCUT2D eigenvalue weighted by molar-refractivity contribution is 0.285. The summed E-state index contributed by atoms with van der Waals surface area (Å²) in [5.41, 5.74) is 0. The SMILES string of the molecule is CCCNCCCS(=O)(=O)NC(CC)C1CCCCC1. The minimum absolute atomic E-state index is 0.143. The molecular formula is C15H32N2O2S. The summed E-state index contributed by atoms with van der Waals surface area (Å²) in [4.78, 5) is 0. The first-order valence-corrected chi connectivity index (χ1v) is 9.95. The fourth-order valence-corrected chi connectivity index (χ4v) is 4.49. The number of hydrogen-bond donors (Lipinski definition) is 2. The largest absolute Gasteiger partial charge is 0.317 e. The molecule has 0 radical (unpaired) electrons. The Labute approximate surface area is 125 Å². The van der Waals surface area contributed by atoms with Crippen LogP contribution in [0.3, 0.4) is 0 Å². The van der Waals surface area contributed by atoms with Gasteiger partial charge in [0.1, 0.15) is 0 Å². The van der Waals surface area contributed by atoms with Gasteiger partial charge in [-0.1, -0.05) is 33.1 Å². The highest BCUT2D eigenvalue weighted by molar-refractivity contribution is 7.89. The summed E-state index contributed by atoms with van der Waals surface area (Å²) >= 11 is 0. The molecule has 0 amide bonds. The van der Waals surface area contributed by atoms with E-state index in [2.05, 4.69) is 23.9 Å². The molecule has 4 nitrogen and oxygen atoms in total. The molecule has 0 saturated heterocycles. The maximum Gasteiger partial charge on any atom is 0.211 e. The van der Waals surface area contributed by atoms with E-state index in [-0.39, 0.29) is 11.8 Å². The molecule has 1 rings (SSSR count). The van der Waals surface area contributed by atoms with Crippen LogP contribution >= 0.6 is 0 Å². The standard InChI is InChI=1S/C15H32N2O2S/c1-3-11-16-12-8-13-20(18,19)17-15(4-2)14-9-6-5-7-10-14/h14-17H,3-13H2,1-2H3. The Morgan fingerprint density at radius 2 is 1.80 bits per heavy atom. The van der Waals surface area contributed by atoms with Gasteiger partial charge in [-0.05, 0) is 51.1 Å². The maximum atomic E-state index is 12.1. The first-order valence-electron chi connectivity index (χ1n) is 8.29. The Balaban J connectivity index is 2.34. The first-order chi connectivity index (χ1) is 9.59. The molecule has 20 heavy (non-hydrogen) atoms. The average molecular weight is 305 g/mol. The van der Waals surface area contributed by atoms with Crippen LogP contribution in [0.4, 0.5) is 0 Å². The number of nitrogens with one attached hydrogen (secondary N) is 2. The Kier molecular flexibility index (Phi) is 8.73. The number of hydrogen-bond acceptors (Lipinski definition) is 3. The molecule has 0 aromatic heterocycles. The summed E-state index contributed by atoms with van der Waals surface area (Å²) in [6.45, 7) is 5.95. The van der Waals surface area contributed by atoms with Gasteiger partial charge in [0.05, 0.1) is 5.75 Å². The number of sulfonamides is 1. The van der Waals surface area contributed by atoms with E-state index >= 15 is 0 Å². The van der Waals surface area contributed by atoms with Gasteiger partial charge < -0.3 is 5.32 Å². The molecule has 0 heterocycles. The van der Waals surface area contributed by atoms with E-state index in [9.17, 15) is 8.42 Å². The van der Waals surface area contributed by atoms with Crippen LogP contribution in [-0.4, -0.2) is 33.3 Å². The molecule has 0 spiro atoms. The quantitative estimate of drug-likeness (QED) is 0.610. The summed E-state index contributed by atoms with van der Waals surface area (Å²) in [6, 6.07) is 0.143. The minimum atomic E-state index is -3.12. The Morgan fingerprint density at radius 3 is 2.40 bits per heavy atom. The van der Waals surface area contributed by atoms with Crippen LogP contribution in [0.15, 0.2) is 0 Å². The maximum absolute atomic E-state index is 12.1. The fraction of sp³-hybridized carbons (Fsp3) is 1.00. The molecule has 2 N–H and O–H groups in total. The van der Waals surface area contributed by atoms with Gasteiger partial charge in [-0.25, -0.2) is 13.1 Å². The lowest BCUT2D eigenvalue weighted by Gasteiger charge is -2.30. The van der Waals surface area contributed by atoms with E-state index in [0.717, 1.165) is 25.9 Å². The van der Waals surface area contributed by atoms with Gasteiger partial charge in [-0.2, -0.15) is 0 Å². The van der Waals surface area contributed by atoms with Crippen molar-refractivity contribution in [2.75, 3.05) is 18.8 Å². The third kappa shape index (κ3) is 7.04. The van der Waals surface area contributed by atoms with Crippen LogP contribution in [-0.2, 0) is 10.0 Å². The number of rotatable bonds is 10. The zero-order valence-corrected chi connectivity index (χ0v) is 14.0. The van der Waals surface area contributed by atoms with Crippen molar-refractivity contribution >= 4 is 10.0 Å². The van der Waals surface area contributed by atoms with Crippen molar-refractivity contribution in [3.05, 3.63) is 0 Å². The van der Waals surface area contributed by atoms with Crippen molar-refractivity contribution in [1.82, 2.24) is 10.0 Å². The molecular weight excluding hydrogens is 272 g/mol. The Hall–Kier alpha value is -0.130. The van der Waals surface area contributed by atoms with Crippen molar-refractivity contribution in [3.63, 3.8) is 0 Å². The Morgan fingerprint density at radius 1 is 1.10 bits per heavy atom. The lowest BCUT2D eigenvalue weighted by Crippen LogP contribution is -2.42. The average Bonchev–Trinajstić information content (AvgIpc) is 2.45. The van der Waals surface area contributed by atoms with Gasteiger partial charge in [-0.3, -0.25) is 0 Å². The van der Waals surface area contributed by atoms with Crippen molar-refractivity contribution in [2.24, 2.45) is 5.92 Å². The fourth-order valence-electron chi connectivity index (χ4n) is 3.03. The molecule has 120 valence electrons. The highest BCUT2D eigenvalue weighted by atomic mass is 32.2. The minimum Gasteiger partial charge on any atom is -0.317 e. The van der Waals surface area contributed by atoms with Crippen molar-refractivity contribution in [2.45, 2.75) is 71.3 Å². The van der Waals surface area contributed by atoms with E-state index in [1.807, 2.05) is 0 Å². The van der Waals surface area contributed by atoms with Crippen LogP contribution in [0, 0.1) is 5.92 Å². The van der Waals surface area contributed by atoms with E-state index < -0.39 is 10.0 Å². The normalized spacial score (nSPS) is 19.1. The topological polar surface area (TPSA) is 58.2 Å². The second kappa shape index (κ2) is 9.74. The summed E-state index contributed by atoms with van der Waals surface area (Å²) in [5, 5.41) is 3.25. The summed E-state index contributed by atoms with van der Waals surface area (Å²) in [6.07, 6.45) is 8.85. The third-order valence-electron chi connectivity index (χ3n) is 4.18. The van der Waals surface area contributed by atoms with E-state index in [0.29, 0.717) is 12.3 Å². The first kappa shape index (κ1) is 17.9. The van der Waals surface area contributed by atoms with E-state index in [4.69, 9.17) is 0 Å². The van der Waals surface area contributed by atoms with Crippen LogP contribution in [0.25, 0.3) is 0 Å². The van der Waals surface area contributed by atoms with Crippen LogP contribution in [0.5, 0.6) is 0 Å². The second-order valence-electron chi connectivity index (χ2n) is 5.95. The highest BCUT2D eigenvalue weighted by Gasteiger charge is 2.25. The lowest BCUT2D eigenvalue weighted by atomic mass is 9.83. The van der Waals surface area contributed by atoms with Gasteiger partial charge in [0.2, 0.25) is 10.0 Å². The molecule has 1 atom stereocenters. The smallest absolute Gasteiger partial charge is 0.211 e. The van der Waals surface area contributed by atoms with Crippen molar-refractivity contribution in [3.8, 4) is 0 Å². The molecule has 0 aromatic rings. The van der Waals surface area contributed by atoms with Crippen LogP contribution in [0.1, 0.15) is 65.2 Å². The predicted octanol–water partition coefficient (Wildman–Crippen LogP) is 2.65. The summed E-state index contributed by atoms with van der Waals surface area (Å²) < 4.78 is 27.2. The molecule has 1 fully saturated rings. The van der Waals surface area contributed by atoms with Crippen molar-refractivity contribution < 1.29 is 8.42 Å². The van der Waals surface area contributed by atoms with Gasteiger partial charge in [0.15, 0.2) is 0 Å². The molecule has 0 aliphatic heterocycles. The highest BCUT2D eigenvalue weighted by Crippen LogP contribution is 2.28. The van der Waals surface area contributed by atoms with Crippen LogP contribution in [0.2, 0.25) is 0 Å². The predicted molar refractivity (Wildman–Crippen MR) is 85.4 cm³/mol. The molecule has 1 aliphatic rings. The van der Waals surface area contributed by atoms with E-state index in [1.54, 1.807) is 0 Å². The molecule has 1 saturated carbocycles. The van der Waals surface area contributed by atoms with Gasteiger partial charge >= 0.3 is 0 Å². The van der Waals surface area contributed by atoms with Gasteiger partial charge in [0.25, 0.3) is 0 Å². The summed E-state index contributed by atoms with van der Waals surface area (Å²) in [5.74, 6) is 0.786. The van der Waals surface area contributed by atoms with Gasteiger partial charge in [-0.15, -0.1) is 0 Å². The van der Waals surface area contributed by atoms with E-state index in [1.165, 1.54) is 32.1 Å². The monoisotopic (exact) mass is 304 g/mol. The Bertz CT molecular complexity index is 338. The van der Waals surface area contributed by atoms with Crippen molar-refractivity contribution in [1.29, 1.82) is 0 Å². The zero-order valence-electron chi connectivity index (χ0n) is 13.2. The van der Waals surface area contributed by atoms with Crippen LogP contribution < -0.4 is 10.0 Å².